The molecule has 4 heteroatoms. The summed E-state index contributed by atoms with van der Waals surface area (Å²) in [6.45, 7) is 4.78. The van der Waals surface area contributed by atoms with Crippen LogP contribution < -0.4 is 0 Å². The van der Waals surface area contributed by atoms with Crippen molar-refractivity contribution < 1.29 is 0 Å². The molecule has 0 fully saturated rings. The van der Waals surface area contributed by atoms with Gasteiger partial charge in [0.05, 0.1) is 15.9 Å². The number of hydrogen-bond acceptors (Lipinski definition) is 4. The molecule has 3 heterocycles. The fourth-order valence-electron chi connectivity index (χ4n) is 7.67. The monoisotopic (exact) mass is 610 g/mol. The van der Waals surface area contributed by atoms with E-state index < -0.39 is 0 Å². The zero-order valence-corrected chi connectivity index (χ0v) is 26.4. The molecule has 0 spiro atoms. The van der Waals surface area contributed by atoms with Crippen molar-refractivity contribution in [2.45, 2.75) is 19.3 Å². The van der Waals surface area contributed by atoms with Crippen molar-refractivity contribution in [3.63, 3.8) is 0 Å². The minimum atomic E-state index is -0.110. The second-order valence-corrected chi connectivity index (χ2v) is 14.6. The van der Waals surface area contributed by atoms with Crippen molar-refractivity contribution in [2.75, 3.05) is 0 Å². The van der Waals surface area contributed by atoms with Gasteiger partial charge in [0.15, 0.2) is 5.82 Å². The Morgan fingerprint density at radius 2 is 1.22 bits per heavy atom. The molecule has 2 nitrogen and oxygen atoms in total. The number of nitrogens with zero attached hydrogens (tertiary/aromatic N) is 2. The number of rotatable bonds is 2. The summed E-state index contributed by atoms with van der Waals surface area (Å²) in [5.74, 6) is 0.783. The highest BCUT2D eigenvalue weighted by molar-refractivity contribution is 7.27. The molecule has 0 N–H and O–H groups in total. The average molecular weight is 611 g/mol. The summed E-state index contributed by atoms with van der Waals surface area (Å²) in [6.07, 6.45) is 0. The first-order chi connectivity index (χ1) is 22.1. The van der Waals surface area contributed by atoms with Crippen LogP contribution in [-0.2, 0) is 5.41 Å². The van der Waals surface area contributed by atoms with E-state index >= 15 is 0 Å². The van der Waals surface area contributed by atoms with Crippen LogP contribution in [0.2, 0.25) is 0 Å². The Balaban J connectivity index is 1.34. The highest BCUT2D eigenvalue weighted by Gasteiger charge is 2.39. The zero-order chi connectivity index (χ0) is 29.9. The van der Waals surface area contributed by atoms with E-state index in [1.54, 1.807) is 11.3 Å². The third kappa shape index (κ3) is 3.38. The Labute approximate surface area is 268 Å². The lowest BCUT2D eigenvalue weighted by molar-refractivity contribution is 0.667. The zero-order valence-electron chi connectivity index (χ0n) is 24.8. The molecule has 6 aromatic carbocycles. The Morgan fingerprint density at radius 3 is 2.09 bits per heavy atom. The lowest BCUT2D eigenvalue weighted by atomic mass is 9.81. The Morgan fingerprint density at radius 1 is 0.533 bits per heavy atom. The quantitative estimate of drug-likeness (QED) is 0.195. The third-order valence-corrected chi connectivity index (χ3v) is 12.1. The van der Waals surface area contributed by atoms with Crippen LogP contribution in [0.1, 0.15) is 25.0 Å². The van der Waals surface area contributed by atoms with Gasteiger partial charge in [0.1, 0.15) is 0 Å². The molecule has 45 heavy (non-hydrogen) atoms. The second kappa shape index (κ2) is 9.07. The van der Waals surface area contributed by atoms with Gasteiger partial charge < -0.3 is 0 Å². The Kier molecular flexibility index (Phi) is 5.13. The molecule has 212 valence electrons. The van der Waals surface area contributed by atoms with Gasteiger partial charge in [-0.25, -0.2) is 9.97 Å². The van der Waals surface area contributed by atoms with Crippen molar-refractivity contribution in [1.29, 1.82) is 0 Å². The average Bonchev–Trinajstić information content (AvgIpc) is 3.73. The molecule has 1 aliphatic carbocycles. The maximum absolute atomic E-state index is 5.36. The van der Waals surface area contributed by atoms with Crippen molar-refractivity contribution >= 4 is 73.9 Å². The van der Waals surface area contributed by atoms with Gasteiger partial charge in [-0.2, -0.15) is 0 Å². The fourth-order valence-corrected chi connectivity index (χ4v) is 10.4. The van der Waals surface area contributed by atoms with Gasteiger partial charge in [0.2, 0.25) is 0 Å². The lowest BCUT2D eigenvalue weighted by Gasteiger charge is -2.22. The SMILES string of the molecule is CC1(C)c2ccccc2-c2c1c1sc3c(-c4nc(-c5ccccc5)c5sc6ccccc6c5n4)cccc3c1c1ccccc21. The Bertz CT molecular complexity index is 2680. The van der Waals surface area contributed by atoms with Crippen molar-refractivity contribution in [1.82, 2.24) is 9.97 Å². The van der Waals surface area contributed by atoms with Crippen LogP contribution >= 0.6 is 22.7 Å². The molecule has 0 radical (unpaired) electrons. The minimum absolute atomic E-state index is 0.110. The second-order valence-electron chi connectivity index (χ2n) is 12.5. The van der Waals surface area contributed by atoms with Crippen LogP contribution in [0.4, 0.5) is 0 Å². The molecule has 3 aromatic heterocycles. The highest BCUT2D eigenvalue weighted by Crippen LogP contribution is 2.57. The summed E-state index contributed by atoms with van der Waals surface area (Å²) < 4.78 is 4.99. The molecular weight excluding hydrogens is 585 g/mol. The molecule has 0 aliphatic heterocycles. The lowest BCUT2D eigenvalue weighted by Crippen LogP contribution is -2.15. The van der Waals surface area contributed by atoms with Crippen molar-refractivity contribution in [3.8, 4) is 33.8 Å². The van der Waals surface area contributed by atoms with Gasteiger partial charge in [-0.15, -0.1) is 22.7 Å². The summed E-state index contributed by atoms with van der Waals surface area (Å²) in [5, 5.41) is 6.45. The van der Waals surface area contributed by atoms with E-state index in [1.807, 2.05) is 11.3 Å². The molecule has 1 aliphatic rings. The van der Waals surface area contributed by atoms with E-state index in [1.165, 1.54) is 63.3 Å². The van der Waals surface area contributed by atoms with Crippen molar-refractivity contribution in [3.05, 3.63) is 132 Å². The summed E-state index contributed by atoms with van der Waals surface area (Å²) in [6, 6.07) is 43.8. The molecule has 0 atom stereocenters. The molecule has 0 saturated carbocycles. The first-order valence-corrected chi connectivity index (χ1v) is 17.0. The summed E-state index contributed by atoms with van der Waals surface area (Å²) in [4.78, 5) is 10.7. The predicted molar refractivity (Wildman–Crippen MR) is 194 cm³/mol. The standard InChI is InChI=1S/C41H26N2S2/c1-41(2)30-21-10-8-17-26(30)32-24-15-6-7-16-25(24)33-28-19-12-20-29(37(28)45-38(33)34(32)41)40-42-35(23-13-4-3-5-14-23)39-36(43-40)27-18-9-11-22-31(27)44-39/h3-22H,1-2H3. The van der Waals surface area contributed by atoms with E-state index in [-0.39, 0.29) is 5.41 Å². The maximum atomic E-state index is 5.36. The summed E-state index contributed by atoms with van der Waals surface area (Å²) >= 11 is 3.69. The van der Waals surface area contributed by atoms with Gasteiger partial charge in [-0.3, -0.25) is 0 Å². The van der Waals surface area contributed by atoms with E-state index in [0.717, 1.165) is 32.9 Å². The van der Waals surface area contributed by atoms with Gasteiger partial charge in [-0.1, -0.05) is 123 Å². The van der Waals surface area contributed by atoms with E-state index in [4.69, 9.17) is 9.97 Å². The molecule has 10 rings (SSSR count). The smallest absolute Gasteiger partial charge is 0.161 e. The minimum Gasteiger partial charge on any atom is -0.226 e. The number of thiophene rings is 2. The van der Waals surface area contributed by atoms with Crippen LogP contribution in [0.5, 0.6) is 0 Å². The molecule has 0 unspecified atom stereocenters. The van der Waals surface area contributed by atoms with E-state index in [0.29, 0.717) is 0 Å². The van der Waals surface area contributed by atoms with Gasteiger partial charge in [0.25, 0.3) is 0 Å². The van der Waals surface area contributed by atoms with Gasteiger partial charge in [-0.05, 0) is 45.2 Å². The summed E-state index contributed by atoms with van der Waals surface area (Å²) in [7, 11) is 0. The van der Waals surface area contributed by atoms with E-state index in [2.05, 4.69) is 135 Å². The van der Waals surface area contributed by atoms with Gasteiger partial charge in [0, 0.05) is 46.8 Å². The van der Waals surface area contributed by atoms with Crippen LogP contribution in [0, 0.1) is 0 Å². The van der Waals surface area contributed by atoms with Crippen molar-refractivity contribution in [2.24, 2.45) is 0 Å². The maximum Gasteiger partial charge on any atom is 0.161 e. The topological polar surface area (TPSA) is 25.8 Å². The first-order valence-electron chi connectivity index (χ1n) is 15.3. The van der Waals surface area contributed by atoms with Crippen LogP contribution in [-0.4, -0.2) is 9.97 Å². The highest BCUT2D eigenvalue weighted by atomic mass is 32.1. The fraction of sp³-hybridized carbons (Fsp3) is 0.0732. The van der Waals surface area contributed by atoms with Crippen LogP contribution in [0.15, 0.2) is 121 Å². The Hall–Kier alpha value is -4.90. The first kappa shape index (κ1) is 25.4. The molecule has 0 bridgehead atoms. The molecule has 9 aromatic rings. The molecule has 0 saturated heterocycles. The van der Waals surface area contributed by atoms with Gasteiger partial charge >= 0.3 is 0 Å². The predicted octanol–water partition coefficient (Wildman–Crippen LogP) is 12.0. The largest absolute Gasteiger partial charge is 0.226 e. The number of fused-ring (bicyclic) bond motifs is 13. The number of aromatic nitrogens is 2. The number of hydrogen-bond donors (Lipinski definition) is 0. The molecule has 0 amide bonds. The third-order valence-electron chi connectivity index (χ3n) is 9.66. The molecular formula is C41H26N2S2. The van der Waals surface area contributed by atoms with E-state index in [9.17, 15) is 0 Å². The van der Waals surface area contributed by atoms with Crippen LogP contribution in [0.3, 0.4) is 0 Å². The normalized spacial score (nSPS) is 13.7. The number of benzene rings is 6. The summed E-state index contributed by atoms with van der Waals surface area (Å²) in [5.41, 5.74) is 9.72. The van der Waals surface area contributed by atoms with Crippen LogP contribution in [0.25, 0.3) is 85.0 Å².